The minimum absolute atomic E-state index is 0.0253. The number of methoxy groups -OCH3 is 1. The van der Waals surface area contributed by atoms with Gasteiger partial charge in [-0.2, -0.15) is 0 Å². The van der Waals surface area contributed by atoms with Crippen molar-refractivity contribution in [2.24, 2.45) is 0 Å². The van der Waals surface area contributed by atoms with Crippen molar-refractivity contribution in [1.29, 1.82) is 0 Å². The molecule has 0 spiro atoms. The molecule has 0 unspecified atom stereocenters. The van der Waals surface area contributed by atoms with Gasteiger partial charge in [-0.3, -0.25) is 4.79 Å². The Morgan fingerprint density at radius 3 is 2.35 bits per heavy atom. The van der Waals surface area contributed by atoms with Crippen molar-refractivity contribution >= 4 is 33.0 Å². The molecular weight excluding hydrogens is 506 g/mol. The van der Waals surface area contributed by atoms with Gasteiger partial charge < -0.3 is 4.74 Å². The fourth-order valence-electron chi connectivity index (χ4n) is 4.29. The van der Waals surface area contributed by atoms with Gasteiger partial charge in [0.2, 0.25) is 0 Å². The summed E-state index contributed by atoms with van der Waals surface area (Å²) in [7, 11) is 1.62. The summed E-state index contributed by atoms with van der Waals surface area (Å²) in [6, 6.07) is 25.7. The fraction of sp³-hybridized carbons (Fsp3) is 0.103. The van der Waals surface area contributed by atoms with Crippen molar-refractivity contribution in [3.63, 3.8) is 0 Å². The number of fused-ring (bicyclic) bond motifs is 1. The van der Waals surface area contributed by atoms with E-state index < -0.39 is 0 Å². The van der Waals surface area contributed by atoms with E-state index in [0.717, 1.165) is 54.3 Å². The van der Waals surface area contributed by atoms with Crippen LogP contribution >= 0.6 is 27.3 Å². The molecule has 0 bridgehead atoms. The lowest BCUT2D eigenvalue weighted by Crippen LogP contribution is -2.03. The van der Waals surface area contributed by atoms with Gasteiger partial charge in [-0.05, 0) is 65.6 Å². The molecule has 5 heteroatoms. The van der Waals surface area contributed by atoms with E-state index in [9.17, 15) is 4.79 Å². The largest absolute Gasteiger partial charge is 0.497 e. The van der Waals surface area contributed by atoms with Crippen molar-refractivity contribution < 1.29 is 9.53 Å². The smallest absolute Gasteiger partial charge is 0.193 e. The van der Waals surface area contributed by atoms with E-state index in [-0.39, 0.29) is 5.78 Å². The van der Waals surface area contributed by atoms with Crippen LogP contribution in [-0.2, 0) is 6.42 Å². The minimum Gasteiger partial charge on any atom is -0.497 e. The average Bonchev–Trinajstić information content (AvgIpc) is 3.33. The third-order valence-electron chi connectivity index (χ3n) is 6.06. The number of thiazole rings is 1. The average molecular weight is 528 g/mol. The summed E-state index contributed by atoms with van der Waals surface area (Å²) in [6.07, 6.45) is 0.684. The maximum Gasteiger partial charge on any atom is 0.193 e. The van der Waals surface area contributed by atoms with Crippen molar-refractivity contribution in [1.82, 2.24) is 4.98 Å². The number of nitrogens with zero attached hydrogens (tertiary/aromatic N) is 1. The maximum atomic E-state index is 13.6. The molecular formula is C29H22BrNO2S. The summed E-state index contributed by atoms with van der Waals surface area (Å²) in [5.74, 6) is 0.760. The number of carbonyl (C=O) groups excluding carboxylic acids is 1. The van der Waals surface area contributed by atoms with Crippen LogP contribution in [0, 0.1) is 6.92 Å². The van der Waals surface area contributed by atoms with Crippen molar-refractivity contribution in [3.8, 4) is 28.1 Å². The number of ketones is 1. The van der Waals surface area contributed by atoms with E-state index in [0.29, 0.717) is 12.0 Å². The highest BCUT2D eigenvalue weighted by Crippen LogP contribution is 2.39. The second kappa shape index (κ2) is 9.53. The standard InChI is InChI=1S/C29H22BrNO2S/c1-18-25(16-27-31-26(17-34-27)19-8-12-21(30)13-9-19)23-6-4-3-5-7-24(23)28(18)29(32)20-10-14-22(33-2)15-11-20/h3-15,17H,16H2,1-2H3. The minimum atomic E-state index is 0.0253. The van der Waals surface area contributed by atoms with Crippen LogP contribution in [-0.4, -0.2) is 17.9 Å². The lowest BCUT2D eigenvalue weighted by molar-refractivity contribution is 0.103. The van der Waals surface area contributed by atoms with Crippen LogP contribution in [0.3, 0.4) is 0 Å². The highest BCUT2D eigenvalue weighted by Gasteiger charge is 2.26. The topological polar surface area (TPSA) is 39.2 Å². The van der Waals surface area contributed by atoms with Gasteiger partial charge in [0.05, 0.1) is 17.8 Å². The monoisotopic (exact) mass is 527 g/mol. The molecule has 0 radical (unpaired) electrons. The Balaban J connectivity index is 1.54. The third kappa shape index (κ3) is 4.29. The first kappa shape index (κ1) is 22.5. The summed E-state index contributed by atoms with van der Waals surface area (Å²) < 4.78 is 6.30. The number of halogens is 1. The molecule has 2 aliphatic rings. The molecule has 0 saturated carbocycles. The van der Waals surface area contributed by atoms with Gasteiger partial charge in [-0.1, -0.05) is 58.4 Å². The normalized spacial score (nSPS) is 11.0. The quantitative estimate of drug-likeness (QED) is 0.211. The Morgan fingerprint density at radius 2 is 1.65 bits per heavy atom. The second-order valence-corrected chi connectivity index (χ2v) is 9.94. The van der Waals surface area contributed by atoms with Crippen LogP contribution < -0.4 is 4.74 Å². The molecule has 0 N–H and O–H groups in total. The van der Waals surface area contributed by atoms with Gasteiger partial charge in [0.1, 0.15) is 5.75 Å². The van der Waals surface area contributed by atoms with E-state index in [4.69, 9.17) is 9.72 Å². The predicted molar refractivity (Wildman–Crippen MR) is 142 cm³/mol. The van der Waals surface area contributed by atoms with Gasteiger partial charge in [0.25, 0.3) is 0 Å². The van der Waals surface area contributed by atoms with Gasteiger partial charge in [0, 0.05) is 33.0 Å². The Kier molecular flexibility index (Phi) is 6.31. The Morgan fingerprint density at radius 1 is 0.941 bits per heavy atom. The first-order valence-electron chi connectivity index (χ1n) is 10.9. The van der Waals surface area contributed by atoms with Gasteiger partial charge in [-0.25, -0.2) is 4.98 Å². The van der Waals surface area contributed by atoms with E-state index in [2.05, 4.69) is 46.4 Å². The van der Waals surface area contributed by atoms with Crippen LogP contribution in [0.15, 0.2) is 88.7 Å². The van der Waals surface area contributed by atoms with Crippen LogP contribution in [0.2, 0.25) is 0 Å². The van der Waals surface area contributed by atoms with Gasteiger partial charge in [0.15, 0.2) is 5.78 Å². The first-order chi connectivity index (χ1) is 16.5. The molecule has 5 rings (SSSR count). The summed E-state index contributed by atoms with van der Waals surface area (Å²) in [5, 5.41) is 3.13. The molecule has 0 aliphatic heterocycles. The molecule has 0 fully saturated rings. The molecule has 1 aromatic heterocycles. The fourth-order valence-corrected chi connectivity index (χ4v) is 5.37. The Hall–Kier alpha value is -3.28. The van der Waals surface area contributed by atoms with Crippen LogP contribution in [0.5, 0.6) is 5.75 Å². The summed E-state index contributed by atoms with van der Waals surface area (Å²) in [6.45, 7) is 2.05. The zero-order chi connectivity index (χ0) is 23.7. The Bertz CT molecular complexity index is 1440. The number of aromatic nitrogens is 1. The lowest BCUT2D eigenvalue weighted by Gasteiger charge is -2.05. The summed E-state index contributed by atoms with van der Waals surface area (Å²) >= 11 is 5.14. The van der Waals surface area contributed by atoms with E-state index in [1.807, 2.05) is 60.7 Å². The molecule has 168 valence electrons. The highest BCUT2D eigenvalue weighted by molar-refractivity contribution is 9.10. The predicted octanol–water partition coefficient (Wildman–Crippen LogP) is 7.82. The molecule has 0 amide bonds. The number of rotatable bonds is 6. The number of hydrogen-bond acceptors (Lipinski definition) is 4. The zero-order valence-corrected chi connectivity index (χ0v) is 21.2. The number of hydrogen-bond donors (Lipinski definition) is 0. The van der Waals surface area contributed by atoms with E-state index in [1.165, 1.54) is 0 Å². The number of ether oxygens (including phenoxy) is 1. The number of benzene rings is 2. The van der Waals surface area contributed by atoms with Gasteiger partial charge >= 0.3 is 0 Å². The highest BCUT2D eigenvalue weighted by atomic mass is 79.9. The van der Waals surface area contributed by atoms with Crippen molar-refractivity contribution in [3.05, 3.63) is 116 Å². The van der Waals surface area contributed by atoms with Crippen molar-refractivity contribution in [2.45, 2.75) is 13.3 Å². The molecule has 1 heterocycles. The first-order valence-corrected chi connectivity index (χ1v) is 12.6. The van der Waals surface area contributed by atoms with Crippen molar-refractivity contribution in [2.75, 3.05) is 7.11 Å². The molecule has 34 heavy (non-hydrogen) atoms. The second-order valence-electron chi connectivity index (χ2n) is 8.08. The Labute approximate surface area is 211 Å². The molecule has 3 nitrogen and oxygen atoms in total. The van der Waals surface area contributed by atoms with Crippen LogP contribution in [0.1, 0.15) is 32.1 Å². The molecule has 2 aromatic carbocycles. The molecule has 0 atom stereocenters. The summed E-state index contributed by atoms with van der Waals surface area (Å²) in [5.41, 5.74) is 7.72. The molecule has 0 saturated heterocycles. The van der Waals surface area contributed by atoms with Crippen LogP contribution in [0.4, 0.5) is 0 Å². The number of carbonyl (C=O) groups is 1. The SMILES string of the molecule is COc1ccc(C(=O)c2c3cccccc-3c(Cc3nc(-c4ccc(Br)cc4)cs3)c2C)cc1. The molecule has 2 aliphatic carbocycles. The van der Waals surface area contributed by atoms with E-state index >= 15 is 0 Å². The van der Waals surface area contributed by atoms with Gasteiger partial charge in [-0.15, -0.1) is 11.3 Å². The zero-order valence-electron chi connectivity index (χ0n) is 18.8. The van der Waals surface area contributed by atoms with Crippen LogP contribution in [0.25, 0.3) is 22.4 Å². The third-order valence-corrected chi connectivity index (χ3v) is 7.44. The summed E-state index contributed by atoms with van der Waals surface area (Å²) in [4.78, 5) is 18.5. The molecule has 3 aromatic rings. The lowest BCUT2D eigenvalue weighted by atomic mass is 9.99. The van der Waals surface area contributed by atoms with E-state index in [1.54, 1.807) is 18.4 Å². The maximum absolute atomic E-state index is 13.6.